The monoisotopic (exact) mass is 228 g/mol. The molecule has 3 rings (SSSR count). The first kappa shape index (κ1) is 10.1. The molecule has 0 unspecified atom stereocenters. The Morgan fingerprint density at radius 1 is 1.35 bits per heavy atom. The highest BCUT2D eigenvalue weighted by atomic mass is 16.4. The van der Waals surface area contributed by atoms with Crippen molar-refractivity contribution in [3.05, 3.63) is 53.3 Å². The number of benzene rings is 1. The second-order valence-electron chi connectivity index (χ2n) is 4.22. The molecule has 17 heavy (non-hydrogen) atoms. The molecule has 0 radical (unpaired) electrons. The van der Waals surface area contributed by atoms with Crippen molar-refractivity contribution in [1.82, 2.24) is 9.78 Å². The quantitative estimate of drug-likeness (QED) is 0.856. The van der Waals surface area contributed by atoms with Gasteiger partial charge in [-0.05, 0) is 12.0 Å². The van der Waals surface area contributed by atoms with Crippen LogP contribution in [0.15, 0.2) is 36.5 Å². The van der Waals surface area contributed by atoms with E-state index in [4.69, 9.17) is 5.11 Å². The van der Waals surface area contributed by atoms with Gasteiger partial charge in [-0.25, -0.2) is 4.79 Å². The number of carbonyl (C=O) groups is 1. The summed E-state index contributed by atoms with van der Waals surface area (Å²) in [7, 11) is 0. The van der Waals surface area contributed by atoms with Gasteiger partial charge in [0, 0.05) is 12.5 Å². The van der Waals surface area contributed by atoms with Crippen LogP contribution < -0.4 is 0 Å². The van der Waals surface area contributed by atoms with Crippen LogP contribution in [0.2, 0.25) is 0 Å². The van der Waals surface area contributed by atoms with E-state index in [1.54, 1.807) is 4.68 Å². The van der Waals surface area contributed by atoms with E-state index < -0.39 is 5.97 Å². The first-order valence-corrected chi connectivity index (χ1v) is 5.61. The molecule has 4 nitrogen and oxygen atoms in total. The predicted octanol–water partition coefficient (Wildman–Crippen LogP) is 2.12. The van der Waals surface area contributed by atoms with Crippen LogP contribution in [0.4, 0.5) is 0 Å². The van der Waals surface area contributed by atoms with E-state index in [1.165, 1.54) is 6.20 Å². The number of fused-ring (bicyclic) bond motifs is 1. The van der Waals surface area contributed by atoms with Crippen molar-refractivity contribution in [1.29, 1.82) is 0 Å². The third-order valence-electron chi connectivity index (χ3n) is 3.27. The van der Waals surface area contributed by atoms with E-state index in [0.717, 1.165) is 24.2 Å². The molecule has 0 saturated carbocycles. The van der Waals surface area contributed by atoms with Gasteiger partial charge in [-0.1, -0.05) is 30.3 Å². The van der Waals surface area contributed by atoms with Crippen LogP contribution in [0.3, 0.4) is 0 Å². The smallest absolute Gasteiger partial charge is 0.339 e. The van der Waals surface area contributed by atoms with Crippen molar-refractivity contribution in [2.24, 2.45) is 0 Å². The number of aromatic carboxylic acids is 1. The fourth-order valence-electron chi connectivity index (χ4n) is 2.50. The second-order valence-corrected chi connectivity index (χ2v) is 4.22. The number of nitrogens with zero attached hydrogens (tertiary/aromatic N) is 2. The lowest BCUT2D eigenvalue weighted by atomic mass is 9.93. The Balaban J connectivity index is 2.09. The summed E-state index contributed by atoms with van der Waals surface area (Å²) in [5.74, 6) is -0.737. The lowest BCUT2D eigenvalue weighted by Gasteiger charge is -2.10. The molecule has 0 fully saturated rings. The normalized spacial score (nSPS) is 18.0. The van der Waals surface area contributed by atoms with E-state index in [2.05, 4.69) is 5.10 Å². The van der Waals surface area contributed by atoms with Crippen molar-refractivity contribution < 1.29 is 9.90 Å². The number of hydrogen-bond donors (Lipinski definition) is 1. The van der Waals surface area contributed by atoms with E-state index in [0.29, 0.717) is 5.56 Å². The minimum absolute atomic E-state index is 0.157. The molecule has 0 spiro atoms. The molecule has 1 atom stereocenters. The molecular formula is C13H12N2O2. The maximum Gasteiger partial charge on any atom is 0.339 e. The molecule has 1 aromatic carbocycles. The van der Waals surface area contributed by atoms with Crippen molar-refractivity contribution in [3.8, 4) is 0 Å². The summed E-state index contributed by atoms with van der Waals surface area (Å²) in [4.78, 5) is 11.1. The first-order valence-electron chi connectivity index (χ1n) is 5.61. The highest BCUT2D eigenvalue weighted by Crippen LogP contribution is 2.35. The Morgan fingerprint density at radius 2 is 2.12 bits per heavy atom. The molecule has 0 bridgehead atoms. The minimum Gasteiger partial charge on any atom is -0.478 e. The molecule has 86 valence electrons. The van der Waals surface area contributed by atoms with Gasteiger partial charge in [0.1, 0.15) is 5.56 Å². The highest BCUT2D eigenvalue weighted by molar-refractivity contribution is 5.89. The topological polar surface area (TPSA) is 55.1 Å². The number of aromatic nitrogens is 2. The average molecular weight is 228 g/mol. The number of hydrogen-bond acceptors (Lipinski definition) is 2. The molecule has 1 aromatic heterocycles. The fourth-order valence-corrected chi connectivity index (χ4v) is 2.50. The van der Waals surface area contributed by atoms with Crippen LogP contribution in [-0.2, 0) is 6.54 Å². The molecule has 2 heterocycles. The Morgan fingerprint density at radius 3 is 2.82 bits per heavy atom. The summed E-state index contributed by atoms with van der Waals surface area (Å²) < 4.78 is 1.81. The summed E-state index contributed by atoms with van der Waals surface area (Å²) in [6, 6.07) is 10.0. The Labute approximate surface area is 98.5 Å². The van der Waals surface area contributed by atoms with E-state index in [9.17, 15) is 4.79 Å². The van der Waals surface area contributed by atoms with Crippen LogP contribution in [-0.4, -0.2) is 20.9 Å². The molecule has 0 aliphatic carbocycles. The molecule has 0 amide bonds. The summed E-state index contributed by atoms with van der Waals surface area (Å²) in [6.45, 7) is 0.794. The zero-order chi connectivity index (χ0) is 11.8. The number of rotatable bonds is 2. The summed E-state index contributed by atoms with van der Waals surface area (Å²) in [5.41, 5.74) is 2.33. The predicted molar refractivity (Wildman–Crippen MR) is 62.1 cm³/mol. The zero-order valence-electron chi connectivity index (χ0n) is 9.21. The Kier molecular flexibility index (Phi) is 2.21. The minimum atomic E-state index is -0.894. The van der Waals surface area contributed by atoms with Gasteiger partial charge in [0.05, 0.1) is 11.9 Å². The van der Waals surface area contributed by atoms with Crippen LogP contribution in [0, 0.1) is 0 Å². The van der Waals surface area contributed by atoms with Gasteiger partial charge in [-0.3, -0.25) is 4.68 Å². The van der Waals surface area contributed by atoms with Gasteiger partial charge < -0.3 is 5.11 Å². The van der Waals surface area contributed by atoms with Crippen molar-refractivity contribution in [3.63, 3.8) is 0 Å². The summed E-state index contributed by atoms with van der Waals surface area (Å²) in [6.07, 6.45) is 2.38. The van der Waals surface area contributed by atoms with E-state index in [-0.39, 0.29) is 5.92 Å². The van der Waals surface area contributed by atoms with E-state index in [1.807, 2.05) is 30.3 Å². The Hall–Kier alpha value is -2.10. The van der Waals surface area contributed by atoms with Crippen LogP contribution >= 0.6 is 0 Å². The first-order chi connectivity index (χ1) is 8.27. The van der Waals surface area contributed by atoms with Crippen molar-refractivity contribution in [2.45, 2.75) is 18.9 Å². The number of aryl methyl sites for hydroxylation is 1. The van der Waals surface area contributed by atoms with Crippen LogP contribution in [0.5, 0.6) is 0 Å². The fraction of sp³-hybridized carbons (Fsp3) is 0.231. The maximum absolute atomic E-state index is 11.1. The number of carboxylic acids is 1. The largest absolute Gasteiger partial charge is 0.478 e. The van der Waals surface area contributed by atoms with Crippen molar-refractivity contribution >= 4 is 5.97 Å². The summed E-state index contributed by atoms with van der Waals surface area (Å²) in [5, 5.41) is 13.3. The zero-order valence-corrected chi connectivity index (χ0v) is 9.21. The lowest BCUT2D eigenvalue weighted by molar-refractivity contribution is 0.0695. The van der Waals surface area contributed by atoms with Crippen LogP contribution in [0.1, 0.15) is 34.0 Å². The standard InChI is InChI=1S/C13H12N2O2/c16-13(17)11-8-14-15-7-6-10(12(11)15)9-4-2-1-3-5-9/h1-5,8,10H,6-7H2,(H,16,17)/t10-/m1/s1. The molecular weight excluding hydrogens is 216 g/mol. The Bertz CT molecular complexity index is 560. The van der Waals surface area contributed by atoms with Gasteiger partial charge in [0.2, 0.25) is 0 Å². The van der Waals surface area contributed by atoms with Crippen LogP contribution in [0.25, 0.3) is 0 Å². The molecule has 4 heteroatoms. The SMILES string of the molecule is O=C(O)c1cnn2c1[C@@H](c1ccccc1)CC2. The third kappa shape index (κ3) is 1.53. The molecule has 0 saturated heterocycles. The highest BCUT2D eigenvalue weighted by Gasteiger charge is 2.30. The van der Waals surface area contributed by atoms with E-state index >= 15 is 0 Å². The molecule has 1 N–H and O–H groups in total. The molecule has 1 aliphatic rings. The van der Waals surface area contributed by atoms with Gasteiger partial charge >= 0.3 is 5.97 Å². The van der Waals surface area contributed by atoms with Gasteiger partial charge in [-0.15, -0.1) is 0 Å². The molecule has 1 aliphatic heterocycles. The third-order valence-corrected chi connectivity index (χ3v) is 3.27. The van der Waals surface area contributed by atoms with Crippen molar-refractivity contribution in [2.75, 3.05) is 0 Å². The summed E-state index contributed by atoms with van der Waals surface area (Å²) >= 11 is 0. The second kappa shape index (κ2) is 3.73. The van der Waals surface area contributed by atoms with Gasteiger partial charge in [0.25, 0.3) is 0 Å². The maximum atomic E-state index is 11.1. The van der Waals surface area contributed by atoms with Gasteiger partial charge in [-0.2, -0.15) is 5.10 Å². The average Bonchev–Trinajstić information content (AvgIpc) is 2.90. The number of carboxylic acid groups (broad SMARTS) is 1. The lowest BCUT2D eigenvalue weighted by Crippen LogP contribution is -2.05. The molecule has 2 aromatic rings. The van der Waals surface area contributed by atoms with Gasteiger partial charge in [0.15, 0.2) is 0 Å².